The molecule has 23 heavy (non-hydrogen) atoms. The molecule has 0 bridgehead atoms. The van der Waals surface area contributed by atoms with E-state index >= 15 is 0 Å². The summed E-state index contributed by atoms with van der Waals surface area (Å²) in [5.41, 5.74) is 5.71. The van der Waals surface area contributed by atoms with Crippen molar-refractivity contribution in [1.82, 2.24) is 0 Å². The van der Waals surface area contributed by atoms with Gasteiger partial charge in [-0.15, -0.1) is 0 Å². The first kappa shape index (κ1) is 15.5. The zero-order valence-electron chi connectivity index (χ0n) is 13.1. The van der Waals surface area contributed by atoms with Crippen molar-refractivity contribution in [3.8, 4) is 0 Å². The molecular formula is C21H22NP. The van der Waals surface area contributed by atoms with Crippen LogP contribution in [0.25, 0.3) is 0 Å². The minimum absolute atomic E-state index is 0.960. The Hall–Kier alpha value is -2.37. The fraction of sp³-hybridized carbons (Fsp3) is 0.0476. The Morgan fingerprint density at radius 1 is 0.609 bits per heavy atom. The van der Waals surface area contributed by atoms with Gasteiger partial charge in [-0.3, -0.25) is 0 Å². The van der Waals surface area contributed by atoms with Crippen LogP contribution in [0.1, 0.15) is 0 Å². The molecule has 0 aliphatic heterocycles. The number of allylic oxidation sites excluding steroid dienone is 1. The summed E-state index contributed by atoms with van der Waals surface area (Å²) in [4.78, 5) is 0. The number of nitrogens with two attached hydrogens (primary N) is 1. The first-order chi connectivity index (χ1) is 11.4. The molecule has 0 heterocycles. The quantitative estimate of drug-likeness (QED) is 0.718. The molecule has 0 saturated carbocycles. The molecule has 2 N–H and O–H groups in total. The molecule has 0 amide bonds. The molecule has 0 unspecified atom stereocenters. The molecule has 3 aromatic carbocycles. The Morgan fingerprint density at radius 3 is 1.26 bits per heavy atom. The van der Waals surface area contributed by atoms with E-state index in [0.717, 1.165) is 6.16 Å². The van der Waals surface area contributed by atoms with Gasteiger partial charge in [-0.05, 0) is 0 Å². The van der Waals surface area contributed by atoms with Gasteiger partial charge in [0.15, 0.2) is 0 Å². The van der Waals surface area contributed by atoms with E-state index in [1.54, 1.807) is 6.20 Å². The average Bonchev–Trinajstić information content (AvgIpc) is 2.65. The SMILES string of the molecule is NC=CC[PH](c1ccccc1)(c1ccccc1)c1ccccc1. The first-order valence-corrected chi connectivity index (χ1v) is 10.1. The van der Waals surface area contributed by atoms with Crippen LogP contribution >= 0.6 is 7.26 Å². The normalized spacial score (nSPS) is 12.3. The summed E-state index contributed by atoms with van der Waals surface area (Å²) in [6.07, 6.45) is 4.75. The van der Waals surface area contributed by atoms with E-state index in [4.69, 9.17) is 5.73 Å². The fourth-order valence-electron chi connectivity index (χ4n) is 3.27. The van der Waals surface area contributed by atoms with E-state index < -0.39 is 7.26 Å². The van der Waals surface area contributed by atoms with E-state index in [-0.39, 0.29) is 0 Å². The van der Waals surface area contributed by atoms with Gasteiger partial charge in [-0.25, -0.2) is 0 Å². The van der Waals surface area contributed by atoms with Gasteiger partial charge in [0.25, 0.3) is 0 Å². The van der Waals surface area contributed by atoms with Crippen LogP contribution in [-0.2, 0) is 0 Å². The summed E-state index contributed by atoms with van der Waals surface area (Å²) in [5.74, 6) is 0. The molecule has 1 nitrogen and oxygen atoms in total. The molecule has 3 aromatic rings. The van der Waals surface area contributed by atoms with Crippen LogP contribution < -0.4 is 21.6 Å². The molecule has 0 spiro atoms. The zero-order chi connectivity index (χ0) is 16.0. The Morgan fingerprint density at radius 2 is 0.957 bits per heavy atom. The van der Waals surface area contributed by atoms with E-state index in [2.05, 4.69) is 97.1 Å². The zero-order valence-corrected chi connectivity index (χ0v) is 14.1. The van der Waals surface area contributed by atoms with Crippen LogP contribution in [0.15, 0.2) is 103 Å². The number of hydrogen-bond acceptors (Lipinski definition) is 1. The second kappa shape index (κ2) is 7.26. The Kier molecular flexibility index (Phi) is 4.90. The van der Waals surface area contributed by atoms with Crippen molar-refractivity contribution in [1.29, 1.82) is 0 Å². The van der Waals surface area contributed by atoms with Gasteiger partial charge < -0.3 is 0 Å². The van der Waals surface area contributed by atoms with Crippen molar-refractivity contribution in [2.75, 3.05) is 6.16 Å². The van der Waals surface area contributed by atoms with Crippen LogP contribution in [0.3, 0.4) is 0 Å². The summed E-state index contributed by atoms with van der Waals surface area (Å²) >= 11 is 0. The molecule has 116 valence electrons. The topological polar surface area (TPSA) is 26.0 Å². The second-order valence-electron chi connectivity index (χ2n) is 5.64. The van der Waals surface area contributed by atoms with E-state index in [9.17, 15) is 0 Å². The fourth-order valence-corrected chi connectivity index (χ4v) is 7.75. The third kappa shape index (κ3) is 3.06. The van der Waals surface area contributed by atoms with Crippen molar-refractivity contribution >= 4 is 23.2 Å². The molecule has 0 radical (unpaired) electrons. The van der Waals surface area contributed by atoms with Crippen molar-refractivity contribution in [2.24, 2.45) is 5.73 Å². The molecule has 0 saturated heterocycles. The van der Waals surface area contributed by atoms with Crippen LogP contribution in [0.4, 0.5) is 0 Å². The predicted octanol–water partition coefficient (Wildman–Crippen LogP) is 3.19. The van der Waals surface area contributed by atoms with Crippen molar-refractivity contribution < 1.29 is 0 Å². The maximum absolute atomic E-state index is 5.71. The molecular weight excluding hydrogens is 297 g/mol. The van der Waals surface area contributed by atoms with E-state index in [0.29, 0.717) is 0 Å². The molecule has 0 atom stereocenters. The van der Waals surface area contributed by atoms with E-state index in [1.165, 1.54) is 15.9 Å². The maximum atomic E-state index is 5.71. The van der Waals surface area contributed by atoms with Gasteiger partial charge in [0.1, 0.15) is 0 Å². The summed E-state index contributed by atoms with van der Waals surface area (Å²) in [7, 11) is -2.11. The van der Waals surface area contributed by atoms with E-state index in [1.807, 2.05) is 0 Å². The third-order valence-electron chi connectivity index (χ3n) is 4.36. The Balaban J connectivity index is 2.30. The molecule has 0 aromatic heterocycles. The van der Waals surface area contributed by atoms with Crippen molar-refractivity contribution in [3.63, 3.8) is 0 Å². The molecule has 0 aliphatic rings. The molecule has 0 aliphatic carbocycles. The summed E-state index contributed by atoms with van der Waals surface area (Å²) < 4.78 is 0. The monoisotopic (exact) mass is 319 g/mol. The first-order valence-electron chi connectivity index (χ1n) is 7.91. The van der Waals surface area contributed by atoms with Gasteiger partial charge in [-0.1, -0.05) is 0 Å². The molecule has 2 heteroatoms. The predicted molar refractivity (Wildman–Crippen MR) is 105 cm³/mol. The Labute approximate surface area is 138 Å². The number of benzene rings is 3. The Bertz CT molecular complexity index is 655. The van der Waals surface area contributed by atoms with Gasteiger partial charge in [-0.2, -0.15) is 0 Å². The third-order valence-corrected chi connectivity index (χ3v) is 9.16. The number of hydrogen-bond donors (Lipinski definition) is 1. The van der Waals surface area contributed by atoms with Crippen LogP contribution in [0.2, 0.25) is 0 Å². The van der Waals surface area contributed by atoms with Gasteiger partial charge >= 0.3 is 138 Å². The molecule has 0 fully saturated rings. The number of rotatable bonds is 5. The summed E-state index contributed by atoms with van der Waals surface area (Å²) in [6.45, 7) is 0. The average molecular weight is 319 g/mol. The summed E-state index contributed by atoms with van der Waals surface area (Å²) in [5, 5.41) is 4.24. The summed E-state index contributed by atoms with van der Waals surface area (Å²) in [6, 6.07) is 32.6. The van der Waals surface area contributed by atoms with Crippen molar-refractivity contribution in [2.45, 2.75) is 0 Å². The van der Waals surface area contributed by atoms with Crippen LogP contribution in [0.5, 0.6) is 0 Å². The van der Waals surface area contributed by atoms with Crippen molar-refractivity contribution in [3.05, 3.63) is 103 Å². The standard InChI is InChI=1S/C21H22NP/c22-17-10-18-23(19-11-4-1-5-12-19,20-13-6-2-7-14-20)21-15-8-3-9-16-21/h1-17,23H,18,22H2. The van der Waals surface area contributed by atoms with Crippen LogP contribution in [-0.4, -0.2) is 6.16 Å². The minimum atomic E-state index is -2.11. The van der Waals surface area contributed by atoms with Gasteiger partial charge in [0, 0.05) is 0 Å². The molecule has 3 rings (SSSR count). The van der Waals surface area contributed by atoms with Gasteiger partial charge in [0.2, 0.25) is 0 Å². The second-order valence-corrected chi connectivity index (χ2v) is 9.59. The van der Waals surface area contributed by atoms with Crippen LogP contribution in [0, 0.1) is 0 Å². The van der Waals surface area contributed by atoms with Gasteiger partial charge in [0.05, 0.1) is 0 Å².